The zero-order valence-electron chi connectivity index (χ0n) is 20.7. The Bertz CT molecular complexity index is 1370. The van der Waals surface area contributed by atoms with Gasteiger partial charge in [-0.3, -0.25) is 24.5 Å². The van der Waals surface area contributed by atoms with Gasteiger partial charge in [0.05, 0.1) is 18.0 Å². The van der Waals surface area contributed by atoms with Crippen molar-refractivity contribution in [3.63, 3.8) is 0 Å². The molecular weight excluding hydrogens is 494 g/mol. The Hall–Kier alpha value is -4.93. The molecule has 4 rings (SSSR count). The molecule has 0 spiro atoms. The lowest BCUT2D eigenvalue weighted by molar-refractivity contribution is -0.385. The van der Waals surface area contributed by atoms with E-state index < -0.39 is 29.3 Å². The third-order valence-electron chi connectivity index (χ3n) is 5.94. The molecule has 11 nitrogen and oxygen atoms in total. The van der Waals surface area contributed by atoms with Crippen molar-refractivity contribution >= 4 is 34.8 Å². The first-order valence-electron chi connectivity index (χ1n) is 11.7. The summed E-state index contributed by atoms with van der Waals surface area (Å²) in [5, 5.41) is 13.5. The van der Waals surface area contributed by atoms with Gasteiger partial charge in [0.1, 0.15) is 5.75 Å². The summed E-state index contributed by atoms with van der Waals surface area (Å²) in [5.74, 6) is -0.632. The van der Waals surface area contributed by atoms with Crippen molar-refractivity contribution in [2.75, 3.05) is 30.5 Å². The van der Waals surface area contributed by atoms with Crippen molar-refractivity contribution < 1.29 is 33.5 Å². The van der Waals surface area contributed by atoms with Crippen LogP contribution in [0.4, 0.5) is 17.1 Å². The van der Waals surface area contributed by atoms with Crippen molar-refractivity contribution in [1.29, 1.82) is 0 Å². The second kappa shape index (κ2) is 11.4. The maximum absolute atomic E-state index is 12.6. The van der Waals surface area contributed by atoms with Crippen molar-refractivity contribution in [1.82, 2.24) is 0 Å². The number of nitro benzene ring substituents is 1. The molecule has 3 aromatic rings. The summed E-state index contributed by atoms with van der Waals surface area (Å²) in [6.45, 7) is 1.11. The zero-order valence-corrected chi connectivity index (χ0v) is 20.7. The highest BCUT2D eigenvalue weighted by atomic mass is 16.6. The predicted octanol–water partition coefficient (Wildman–Crippen LogP) is 4.24. The van der Waals surface area contributed by atoms with Crippen molar-refractivity contribution in [2.24, 2.45) is 5.92 Å². The molecule has 3 aromatic carbocycles. The average molecular weight is 520 g/mol. The molecule has 1 fully saturated rings. The van der Waals surface area contributed by atoms with Gasteiger partial charge in [0.2, 0.25) is 5.91 Å². The number of ether oxygens (including phenoxy) is 3. The highest BCUT2D eigenvalue weighted by Crippen LogP contribution is 2.33. The molecule has 1 aliphatic rings. The average Bonchev–Trinajstić information content (AvgIpc) is 3.30. The van der Waals surface area contributed by atoms with Gasteiger partial charge in [-0.25, -0.2) is 0 Å². The van der Waals surface area contributed by atoms with Crippen LogP contribution in [0.3, 0.4) is 0 Å². The second-order valence-electron chi connectivity index (χ2n) is 8.57. The van der Waals surface area contributed by atoms with Crippen LogP contribution in [0.1, 0.15) is 12.0 Å². The number of benzene rings is 3. The number of hydrogen-bond donors (Lipinski definition) is 1. The SMILES string of the molecule is COc1ccccc1Oc1ccc(N2C[C@H](C(=O)OCC(=O)Nc3ccc(C)c([N+](=O)[O-])c3)CC2=O)cc1. The molecular formula is C27H25N3O8. The number of carbonyl (C=O) groups is 3. The Kier molecular flexibility index (Phi) is 7.86. The lowest BCUT2D eigenvalue weighted by Gasteiger charge is -2.17. The predicted molar refractivity (Wildman–Crippen MR) is 137 cm³/mol. The number of aryl methyl sites for hydroxylation is 1. The van der Waals surface area contributed by atoms with E-state index in [1.54, 1.807) is 50.4 Å². The summed E-state index contributed by atoms with van der Waals surface area (Å²) in [6.07, 6.45) is -0.0515. The molecule has 196 valence electrons. The first-order chi connectivity index (χ1) is 18.2. The van der Waals surface area contributed by atoms with E-state index in [1.165, 1.54) is 23.1 Å². The van der Waals surface area contributed by atoms with Gasteiger partial charge in [0.15, 0.2) is 18.1 Å². The number of rotatable bonds is 9. The summed E-state index contributed by atoms with van der Waals surface area (Å²) in [7, 11) is 1.55. The number of hydrogen-bond acceptors (Lipinski definition) is 8. The Morgan fingerprint density at radius 2 is 1.79 bits per heavy atom. The molecule has 1 heterocycles. The standard InChI is InChI=1S/C27H25N3O8/c1-17-7-8-19(14-22(17)30(34)35)28-25(31)16-37-27(33)18-13-26(32)29(15-18)20-9-11-21(12-10-20)38-24-6-4-3-5-23(24)36-2/h3-12,14,18H,13,15-16H2,1-2H3,(H,28,31)/t18-/m1/s1. The minimum Gasteiger partial charge on any atom is -0.493 e. The number of para-hydroxylation sites is 2. The number of esters is 1. The molecule has 0 radical (unpaired) electrons. The molecule has 1 atom stereocenters. The number of nitrogens with one attached hydrogen (secondary N) is 1. The van der Waals surface area contributed by atoms with E-state index in [9.17, 15) is 24.5 Å². The van der Waals surface area contributed by atoms with Crippen LogP contribution < -0.4 is 19.7 Å². The monoisotopic (exact) mass is 519 g/mol. The van der Waals surface area contributed by atoms with Gasteiger partial charge in [0.25, 0.3) is 11.6 Å². The molecule has 1 N–H and O–H groups in total. The van der Waals surface area contributed by atoms with Gasteiger partial charge >= 0.3 is 5.97 Å². The first-order valence-corrected chi connectivity index (χ1v) is 11.7. The van der Waals surface area contributed by atoms with E-state index in [1.807, 2.05) is 12.1 Å². The molecule has 2 amide bonds. The van der Waals surface area contributed by atoms with Crippen LogP contribution in [0.15, 0.2) is 66.7 Å². The van der Waals surface area contributed by atoms with Crippen molar-refractivity contribution in [2.45, 2.75) is 13.3 Å². The molecule has 38 heavy (non-hydrogen) atoms. The topological polar surface area (TPSA) is 137 Å². The Balaban J connectivity index is 1.30. The van der Waals surface area contributed by atoms with Gasteiger partial charge in [-0.05, 0) is 49.4 Å². The van der Waals surface area contributed by atoms with E-state index in [0.29, 0.717) is 28.5 Å². The number of amides is 2. The van der Waals surface area contributed by atoms with Gasteiger partial charge in [-0.2, -0.15) is 0 Å². The van der Waals surface area contributed by atoms with Crippen LogP contribution >= 0.6 is 0 Å². The molecule has 1 saturated heterocycles. The van der Waals surface area contributed by atoms with Crippen LogP contribution in [0.25, 0.3) is 0 Å². The third kappa shape index (κ3) is 6.06. The molecule has 0 unspecified atom stereocenters. The Labute approximate surface area is 218 Å². The van der Waals surface area contributed by atoms with Crippen LogP contribution in [0.2, 0.25) is 0 Å². The fraction of sp³-hybridized carbons (Fsp3) is 0.222. The van der Waals surface area contributed by atoms with Gasteiger partial charge < -0.3 is 24.4 Å². The van der Waals surface area contributed by atoms with Crippen LogP contribution in [-0.2, 0) is 19.1 Å². The number of nitro groups is 1. The summed E-state index contributed by atoms with van der Waals surface area (Å²) in [5.41, 5.74) is 1.12. The maximum atomic E-state index is 12.6. The Morgan fingerprint density at radius 3 is 2.47 bits per heavy atom. The number of anilines is 2. The third-order valence-corrected chi connectivity index (χ3v) is 5.94. The smallest absolute Gasteiger partial charge is 0.311 e. The second-order valence-corrected chi connectivity index (χ2v) is 8.57. The maximum Gasteiger partial charge on any atom is 0.311 e. The fourth-order valence-electron chi connectivity index (χ4n) is 3.97. The van der Waals surface area contributed by atoms with Crippen LogP contribution in [0, 0.1) is 23.0 Å². The molecule has 0 saturated carbocycles. The summed E-state index contributed by atoms with van der Waals surface area (Å²) in [4.78, 5) is 49.3. The lowest BCUT2D eigenvalue weighted by Crippen LogP contribution is -2.28. The molecule has 1 aliphatic heterocycles. The Morgan fingerprint density at radius 1 is 1.08 bits per heavy atom. The van der Waals surface area contributed by atoms with E-state index >= 15 is 0 Å². The van der Waals surface area contributed by atoms with E-state index in [2.05, 4.69) is 5.32 Å². The number of methoxy groups -OCH3 is 1. The van der Waals surface area contributed by atoms with E-state index in [4.69, 9.17) is 14.2 Å². The van der Waals surface area contributed by atoms with E-state index in [0.717, 1.165) is 0 Å². The molecule has 0 aromatic heterocycles. The minimum absolute atomic E-state index is 0.0515. The summed E-state index contributed by atoms with van der Waals surface area (Å²) >= 11 is 0. The van der Waals surface area contributed by atoms with Gasteiger partial charge in [-0.15, -0.1) is 0 Å². The number of nitrogens with zero attached hydrogens (tertiary/aromatic N) is 2. The van der Waals surface area contributed by atoms with Crippen LogP contribution in [-0.4, -0.2) is 43.0 Å². The molecule has 0 aliphatic carbocycles. The number of carbonyl (C=O) groups excluding carboxylic acids is 3. The highest BCUT2D eigenvalue weighted by molar-refractivity contribution is 6.00. The summed E-state index contributed by atoms with van der Waals surface area (Å²) in [6, 6.07) is 18.3. The van der Waals surface area contributed by atoms with Gasteiger partial charge in [0, 0.05) is 36.0 Å². The zero-order chi connectivity index (χ0) is 27.2. The summed E-state index contributed by atoms with van der Waals surface area (Å²) < 4.78 is 16.2. The fourth-order valence-corrected chi connectivity index (χ4v) is 3.97. The molecule has 0 bridgehead atoms. The van der Waals surface area contributed by atoms with E-state index in [-0.39, 0.29) is 30.2 Å². The van der Waals surface area contributed by atoms with Gasteiger partial charge in [-0.1, -0.05) is 18.2 Å². The normalized spacial score (nSPS) is 14.6. The van der Waals surface area contributed by atoms with Crippen molar-refractivity contribution in [3.05, 3.63) is 82.4 Å². The van der Waals surface area contributed by atoms with Crippen molar-refractivity contribution in [3.8, 4) is 17.2 Å². The highest BCUT2D eigenvalue weighted by Gasteiger charge is 2.36. The first kappa shape index (κ1) is 26.1. The largest absolute Gasteiger partial charge is 0.493 e. The quantitative estimate of drug-likeness (QED) is 0.252. The minimum atomic E-state index is -0.736. The molecule has 11 heteroatoms. The van der Waals surface area contributed by atoms with Crippen LogP contribution in [0.5, 0.6) is 17.2 Å². The lowest BCUT2D eigenvalue weighted by atomic mass is 10.1.